The van der Waals surface area contributed by atoms with Crippen LogP contribution in [0.25, 0.3) is 0 Å². The maximum absolute atomic E-state index is 12.1. The van der Waals surface area contributed by atoms with Crippen molar-refractivity contribution in [3.8, 4) is 0 Å². The lowest BCUT2D eigenvalue weighted by Crippen LogP contribution is -2.24. The van der Waals surface area contributed by atoms with Gasteiger partial charge in [0.1, 0.15) is 0 Å². The standard InChI is InChI=1S/C14H12BrNO4S/c15-11-3-7-13(8-4-11)21(19,20)16-12-5-1-10(2-6-12)9-14(17)18/h1-8,16H,9H2,(H,17,18)/p-1. The van der Waals surface area contributed by atoms with Crippen molar-refractivity contribution >= 4 is 37.6 Å². The lowest BCUT2D eigenvalue weighted by Gasteiger charge is -2.09. The first-order valence-corrected chi connectivity index (χ1v) is 8.21. The molecule has 2 aromatic rings. The van der Waals surface area contributed by atoms with E-state index in [1.54, 1.807) is 12.1 Å². The molecule has 0 unspecified atom stereocenters. The van der Waals surface area contributed by atoms with Gasteiger partial charge >= 0.3 is 0 Å². The summed E-state index contributed by atoms with van der Waals surface area (Å²) in [6.07, 6.45) is -0.209. The lowest BCUT2D eigenvalue weighted by molar-refractivity contribution is -0.304. The monoisotopic (exact) mass is 368 g/mol. The van der Waals surface area contributed by atoms with Gasteiger partial charge in [-0.2, -0.15) is 0 Å². The van der Waals surface area contributed by atoms with Crippen molar-refractivity contribution in [1.29, 1.82) is 0 Å². The highest BCUT2D eigenvalue weighted by atomic mass is 79.9. The Hall–Kier alpha value is -1.86. The van der Waals surface area contributed by atoms with E-state index in [1.807, 2.05) is 0 Å². The van der Waals surface area contributed by atoms with E-state index in [4.69, 9.17) is 0 Å². The average molecular weight is 369 g/mol. The Morgan fingerprint density at radius 3 is 2.14 bits per heavy atom. The van der Waals surface area contributed by atoms with Gasteiger partial charge in [-0.05, 0) is 42.0 Å². The van der Waals surface area contributed by atoms with Crippen molar-refractivity contribution in [2.45, 2.75) is 11.3 Å². The van der Waals surface area contributed by atoms with E-state index in [0.29, 0.717) is 11.3 Å². The molecule has 21 heavy (non-hydrogen) atoms. The summed E-state index contributed by atoms with van der Waals surface area (Å²) >= 11 is 3.24. The van der Waals surface area contributed by atoms with Crippen LogP contribution in [0.2, 0.25) is 0 Å². The topological polar surface area (TPSA) is 86.3 Å². The number of benzene rings is 2. The first-order valence-electron chi connectivity index (χ1n) is 5.94. The number of aliphatic carboxylic acids is 1. The summed E-state index contributed by atoms with van der Waals surface area (Å²) in [4.78, 5) is 10.6. The van der Waals surface area contributed by atoms with Crippen molar-refractivity contribution in [2.75, 3.05) is 4.72 Å². The van der Waals surface area contributed by atoms with Crippen molar-refractivity contribution in [1.82, 2.24) is 0 Å². The highest BCUT2D eigenvalue weighted by Gasteiger charge is 2.13. The normalized spacial score (nSPS) is 11.1. The molecule has 7 heteroatoms. The molecular formula is C14H11BrNO4S-. The van der Waals surface area contributed by atoms with Gasteiger partial charge in [0, 0.05) is 22.6 Å². The fraction of sp³-hybridized carbons (Fsp3) is 0.0714. The summed E-state index contributed by atoms with van der Waals surface area (Å²) in [5.41, 5.74) is 0.904. The van der Waals surface area contributed by atoms with Gasteiger partial charge in [0.05, 0.1) is 4.90 Å². The second kappa shape index (κ2) is 6.28. The molecule has 0 radical (unpaired) electrons. The molecule has 0 aliphatic rings. The molecule has 110 valence electrons. The smallest absolute Gasteiger partial charge is 0.261 e. The summed E-state index contributed by atoms with van der Waals surface area (Å²) in [6.45, 7) is 0. The Morgan fingerprint density at radius 2 is 1.62 bits per heavy atom. The molecule has 0 saturated carbocycles. The van der Waals surface area contributed by atoms with Crippen LogP contribution in [0.3, 0.4) is 0 Å². The number of hydrogen-bond acceptors (Lipinski definition) is 4. The molecule has 0 atom stereocenters. The minimum absolute atomic E-state index is 0.143. The van der Waals surface area contributed by atoms with E-state index < -0.39 is 16.0 Å². The zero-order chi connectivity index (χ0) is 15.5. The van der Waals surface area contributed by atoms with E-state index in [-0.39, 0.29) is 11.3 Å². The molecule has 2 rings (SSSR count). The number of carbonyl (C=O) groups is 1. The SMILES string of the molecule is O=C([O-])Cc1ccc(NS(=O)(=O)c2ccc(Br)cc2)cc1. The van der Waals surface area contributed by atoms with Crippen LogP contribution in [0, 0.1) is 0 Å². The summed E-state index contributed by atoms with van der Waals surface area (Å²) in [5, 5.41) is 10.5. The Morgan fingerprint density at radius 1 is 1.05 bits per heavy atom. The third-order valence-corrected chi connectivity index (χ3v) is 4.60. The minimum atomic E-state index is -3.67. The van der Waals surface area contributed by atoms with Crippen LogP contribution in [0.15, 0.2) is 57.9 Å². The quantitative estimate of drug-likeness (QED) is 0.866. The van der Waals surface area contributed by atoms with E-state index in [9.17, 15) is 18.3 Å². The van der Waals surface area contributed by atoms with Crippen LogP contribution in [0.5, 0.6) is 0 Å². The molecular weight excluding hydrogens is 358 g/mol. The van der Waals surface area contributed by atoms with Crippen molar-refractivity contribution in [3.63, 3.8) is 0 Å². The van der Waals surface area contributed by atoms with Crippen LogP contribution in [-0.4, -0.2) is 14.4 Å². The van der Waals surface area contributed by atoms with E-state index in [2.05, 4.69) is 20.7 Å². The van der Waals surface area contributed by atoms with Gasteiger partial charge in [-0.3, -0.25) is 4.72 Å². The van der Waals surface area contributed by atoms with E-state index in [0.717, 1.165) is 4.47 Å². The van der Waals surface area contributed by atoms with Crippen molar-refractivity contribution in [3.05, 3.63) is 58.6 Å². The molecule has 2 aromatic carbocycles. The van der Waals surface area contributed by atoms with E-state index in [1.165, 1.54) is 36.4 Å². The van der Waals surface area contributed by atoms with Crippen LogP contribution in [-0.2, 0) is 21.2 Å². The highest BCUT2D eigenvalue weighted by Crippen LogP contribution is 2.19. The summed E-state index contributed by atoms with van der Waals surface area (Å²) < 4.78 is 27.5. The third kappa shape index (κ3) is 4.30. The third-order valence-electron chi connectivity index (χ3n) is 2.68. The molecule has 0 aliphatic heterocycles. The minimum Gasteiger partial charge on any atom is -0.550 e. The van der Waals surface area contributed by atoms with Gasteiger partial charge in [0.15, 0.2) is 0 Å². The van der Waals surface area contributed by atoms with Gasteiger partial charge in [-0.15, -0.1) is 0 Å². The molecule has 0 saturated heterocycles. The van der Waals surface area contributed by atoms with Gasteiger partial charge in [-0.1, -0.05) is 28.1 Å². The Balaban J connectivity index is 2.16. The van der Waals surface area contributed by atoms with Crippen LogP contribution >= 0.6 is 15.9 Å². The second-order valence-corrected chi connectivity index (χ2v) is 6.90. The maximum atomic E-state index is 12.1. The second-order valence-electron chi connectivity index (χ2n) is 4.31. The van der Waals surface area contributed by atoms with Gasteiger partial charge < -0.3 is 9.90 Å². The number of carbonyl (C=O) groups excluding carboxylic acids is 1. The predicted molar refractivity (Wildman–Crippen MR) is 80.1 cm³/mol. The van der Waals surface area contributed by atoms with Crippen molar-refractivity contribution < 1.29 is 18.3 Å². The molecule has 5 nitrogen and oxygen atoms in total. The molecule has 0 aliphatic carbocycles. The fourth-order valence-electron chi connectivity index (χ4n) is 1.69. The zero-order valence-corrected chi connectivity index (χ0v) is 13.1. The Bertz CT molecular complexity index is 740. The lowest BCUT2D eigenvalue weighted by atomic mass is 10.1. The first-order chi connectivity index (χ1) is 9.87. The fourth-order valence-corrected chi connectivity index (χ4v) is 3.01. The number of carboxylic acid groups (broad SMARTS) is 1. The van der Waals surface area contributed by atoms with Crippen molar-refractivity contribution in [2.24, 2.45) is 0 Å². The number of sulfonamides is 1. The Labute approximate surface area is 130 Å². The molecule has 0 heterocycles. The van der Waals surface area contributed by atoms with Gasteiger partial charge in [-0.25, -0.2) is 8.42 Å². The molecule has 0 amide bonds. The number of anilines is 1. The Kier molecular flexibility index (Phi) is 4.64. The number of halogens is 1. The van der Waals surface area contributed by atoms with E-state index >= 15 is 0 Å². The van der Waals surface area contributed by atoms with Crippen LogP contribution < -0.4 is 9.83 Å². The number of nitrogens with one attached hydrogen (secondary N) is 1. The molecule has 0 bridgehead atoms. The predicted octanol–water partition coefficient (Wildman–Crippen LogP) is 1.54. The molecule has 0 fully saturated rings. The summed E-state index contributed by atoms with van der Waals surface area (Å²) in [7, 11) is -3.67. The van der Waals surface area contributed by atoms with Crippen LogP contribution in [0.4, 0.5) is 5.69 Å². The summed E-state index contributed by atoms with van der Waals surface area (Å²) in [6, 6.07) is 12.3. The molecule has 1 N–H and O–H groups in total. The van der Waals surface area contributed by atoms with Gasteiger partial charge in [0.25, 0.3) is 10.0 Å². The average Bonchev–Trinajstić information content (AvgIpc) is 2.40. The molecule has 0 spiro atoms. The zero-order valence-electron chi connectivity index (χ0n) is 10.7. The van der Waals surface area contributed by atoms with Gasteiger partial charge in [0.2, 0.25) is 0 Å². The van der Waals surface area contributed by atoms with Crippen LogP contribution in [0.1, 0.15) is 5.56 Å². The number of carboxylic acids is 1. The largest absolute Gasteiger partial charge is 0.550 e. The number of rotatable bonds is 5. The molecule has 0 aromatic heterocycles. The highest BCUT2D eigenvalue weighted by molar-refractivity contribution is 9.10. The number of hydrogen-bond donors (Lipinski definition) is 1. The summed E-state index contributed by atoms with van der Waals surface area (Å²) in [5.74, 6) is -1.18. The maximum Gasteiger partial charge on any atom is 0.261 e. The first kappa shape index (κ1) is 15.5.